The zero-order valence-corrected chi connectivity index (χ0v) is 16.8. The highest BCUT2D eigenvalue weighted by Gasteiger charge is 2.39. The van der Waals surface area contributed by atoms with Crippen molar-refractivity contribution in [2.75, 3.05) is 19.6 Å². The molecule has 6 heteroatoms. The van der Waals surface area contributed by atoms with Gasteiger partial charge < -0.3 is 9.88 Å². The number of halogens is 3. The van der Waals surface area contributed by atoms with E-state index in [9.17, 15) is 13.2 Å². The molecule has 1 N–H and O–H groups in total. The molecule has 0 saturated carbocycles. The Morgan fingerprint density at radius 3 is 2.62 bits per heavy atom. The molecule has 1 aliphatic rings. The maximum absolute atomic E-state index is 13.0. The lowest BCUT2D eigenvalue weighted by atomic mass is 9.68. The average Bonchev–Trinajstić information content (AvgIpc) is 3.14. The maximum atomic E-state index is 13.0. The molecule has 2 heterocycles. The van der Waals surface area contributed by atoms with Crippen molar-refractivity contribution in [3.05, 3.63) is 65.5 Å². The Morgan fingerprint density at radius 1 is 1.17 bits per heavy atom. The molecule has 1 aromatic heterocycles. The molecule has 3 nitrogen and oxygen atoms in total. The molecular formula is C23H26F3N3. The van der Waals surface area contributed by atoms with Crippen LogP contribution in [0.5, 0.6) is 0 Å². The highest BCUT2D eigenvalue weighted by Crippen LogP contribution is 2.40. The quantitative estimate of drug-likeness (QED) is 0.633. The molecule has 2 unspecified atom stereocenters. The number of imidazole rings is 1. The molecule has 4 rings (SSSR count). The fourth-order valence-corrected chi connectivity index (χ4v) is 4.38. The first kappa shape index (κ1) is 20.0. The van der Waals surface area contributed by atoms with Gasteiger partial charge in [-0.25, -0.2) is 4.98 Å². The largest absolute Gasteiger partial charge is 0.449 e. The van der Waals surface area contributed by atoms with Crippen molar-refractivity contribution in [3.8, 4) is 0 Å². The van der Waals surface area contributed by atoms with Crippen LogP contribution in [0, 0.1) is 5.92 Å². The number of piperidine rings is 1. The lowest BCUT2D eigenvalue weighted by molar-refractivity contribution is -0.144. The summed E-state index contributed by atoms with van der Waals surface area (Å²) in [5, 5.41) is 0. The number of rotatable bonds is 4. The predicted molar refractivity (Wildman–Crippen MR) is 109 cm³/mol. The van der Waals surface area contributed by atoms with E-state index >= 15 is 0 Å². The minimum Gasteiger partial charge on any atom is -0.334 e. The van der Waals surface area contributed by atoms with E-state index in [1.165, 1.54) is 5.56 Å². The van der Waals surface area contributed by atoms with Gasteiger partial charge in [0.05, 0.1) is 11.0 Å². The van der Waals surface area contributed by atoms with Gasteiger partial charge in [-0.3, -0.25) is 0 Å². The first-order valence-corrected chi connectivity index (χ1v) is 10.1. The second kappa shape index (κ2) is 7.48. The molecule has 1 saturated heterocycles. The van der Waals surface area contributed by atoms with E-state index in [0.717, 1.165) is 38.0 Å². The van der Waals surface area contributed by atoms with Gasteiger partial charge in [-0.2, -0.15) is 13.2 Å². The number of nitrogens with one attached hydrogen (secondary N) is 1. The van der Waals surface area contributed by atoms with Crippen LogP contribution >= 0.6 is 0 Å². The van der Waals surface area contributed by atoms with Crippen molar-refractivity contribution in [1.82, 2.24) is 14.9 Å². The molecular weight excluding hydrogens is 375 g/mol. The van der Waals surface area contributed by atoms with Crippen LogP contribution in [0.3, 0.4) is 0 Å². The van der Waals surface area contributed by atoms with E-state index in [-0.39, 0.29) is 5.41 Å². The Hall–Kier alpha value is -2.34. The van der Waals surface area contributed by atoms with Crippen molar-refractivity contribution in [2.45, 2.75) is 38.3 Å². The lowest BCUT2D eigenvalue weighted by Gasteiger charge is -2.45. The predicted octanol–water partition coefficient (Wildman–Crippen LogP) is 5.42. The summed E-state index contributed by atoms with van der Waals surface area (Å²) in [5.41, 5.74) is 3.17. The van der Waals surface area contributed by atoms with E-state index in [0.29, 0.717) is 17.0 Å². The number of hydrogen-bond donors (Lipinski definition) is 1. The van der Waals surface area contributed by atoms with Gasteiger partial charge in [0.2, 0.25) is 5.82 Å². The van der Waals surface area contributed by atoms with Crippen molar-refractivity contribution >= 4 is 11.0 Å². The second-order valence-corrected chi connectivity index (χ2v) is 8.42. The van der Waals surface area contributed by atoms with E-state index in [1.807, 2.05) is 18.2 Å². The van der Waals surface area contributed by atoms with Crippen LogP contribution in [0.15, 0.2) is 48.5 Å². The minimum absolute atomic E-state index is 0.0685. The van der Waals surface area contributed by atoms with Crippen LogP contribution in [0.25, 0.3) is 11.0 Å². The molecule has 29 heavy (non-hydrogen) atoms. The number of likely N-dealkylation sites (tertiary alicyclic amines) is 1. The standard InChI is InChI=1S/C23H26F3N3/c1-16-15-29(12-10-17-6-4-3-5-7-17)13-11-22(16,2)18-8-9-19-20(14-18)28-21(27-19)23(24,25)26/h3-9,14,16H,10-13,15H2,1-2H3,(H,27,28). The SMILES string of the molecule is CC1CN(CCc2ccccc2)CCC1(C)c1ccc2nc(C(F)(F)F)[nH]c2c1. The van der Waals surface area contributed by atoms with Crippen LogP contribution in [0.1, 0.15) is 37.2 Å². The normalized spacial score (nSPS) is 23.6. The molecule has 1 fully saturated rings. The third-order valence-corrected chi connectivity index (χ3v) is 6.54. The van der Waals surface area contributed by atoms with Gasteiger partial charge in [0.15, 0.2) is 0 Å². The summed E-state index contributed by atoms with van der Waals surface area (Å²) in [7, 11) is 0. The van der Waals surface area contributed by atoms with Gasteiger partial charge in [0.25, 0.3) is 0 Å². The number of alkyl halides is 3. The van der Waals surface area contributed by atoms with Crippen LogP contribution in [0.4, 0.5) is 13.2 Å². The molecule has 0 radical (unpaired) electrons. The molecule has 0 bridgehead atoms. The van der Waals surface area contributed by atoms with Crippen LogP contribution in [-0.2, 0) is 18.0 Å². The zero-order valence-electron chi connectivity index (χ0n) is 16.8. The number of hydrogen-bond acceptors (Lipinski definition) is 2. The Bertz CT molecular complexity index is 980. The molecule has 2 aromatic carbocycles. The van der Waals surface area contributed by atoms with Crippen molar-refractivity contribution in [1.29, 1.82) is 0 Å². The highest BCUT2D eigenvalue weighted by atomic mass is 19.4. The van der Waals surface area contributed by atoms with E-state index in [1.54, 1.807) is 6.07 Å². The van der Waals surface area contributed by atoms with Crippen LogP contribution in [-0.4, -0.2) is 34.5 Å². The van der Waals surface area contributed by atoms with E-state index < -0.39 is 12.0 Å². The van der Waals surface area contributed by atoms with Gasteiger partial charge in [-0.15, -0.1) is 0 Å². The summed E-state index contributed by atoms with van der Waals surface area (Å²) in [5.74, 6) is -0.534. The fraction of sp³-hybridized carbons (Fsp3) is 0.435. The number of benzene rings is 2. The van der Waals surface area contributed by atoms with Crippen LogP contribution < -0.4 is 0 Å². The fourth-order valence-electron chi connectivity index (χ4n) is 4.38. The van der Waals surface area contributed by atoms with Gasteiger partial charge in [-0.05, 0) is 54.0 Å². The minimum atomic E-state index is -4.46. The van der Waals surface area contributed by atoms with Crippen molar-refractivity contribution in [2.24, 2.45) is 5.92 Å². The maximum Gasteiger partial charge on any atom is 0.449 e. The Kier molecular flexibility index (Phi) is 5.15. The number of H-pyrrole nitrogens is 1. The van der Waals surface area contributed by atoms with Crippen molar-refractivity contribution in [3.63, 3.8) is 0 Å². The van der Waals surface area contributed by atoms with E-state index in [2.05, 4.69) is 53.0 Å². The third kappa shape index (κ3) is 4.04. The summed E-state index contributed by atoms with van der Waals surface area (Å²) >= 11 is 0. The van der Waals surface area contributed by atoms with Crippen LogP contribution in [0.2, 0.25) is 0 Å². The van der Waals surface area contributed by atoms with Crippen molar-refractivity contribution < 1.29 is 13.2 Å². The summed E-state index contributed by atoms with van der Waals surface area (Å²) in [6.07, 6.45) is -2.44. The monoisotopic (exact) mass is 401 g/mol. The van der Waals surface area contributed by atoms with E-state index in [4.69, 9.17) is 0 Å². The zero-order chi connectivity index (χ0) is 20.6. The average molecular weight is 401 g/mol. The smallest absolute Gasteiger partial charge is 0.334 e. The molecule has 2 atom stereocenters. The third-order valence-electron chi connectivity index (χ3n) is 6.54. The van der Waals surface area contributed by atoms with Gasteiger partial charge in [-0.1, -0.05) is 50.2 Å². The lowest BCUT2D eigenvalue weighted by Crippen LogP contribution is -2.47. The summed E-state index contributed by atoms with van der Waals surface area (Å²) in [6, 6.07) is 16.0. The summed E-state index contributed by atoms with van der Waals surface area (Å²) < 4.78 is 38.9. The molecule has 3 aromatic rings. The Morgan fingerprint density at radius 2 is 1.93 bits per heavy atom. The summed E-state index contributed by atoms with van der Waals surface area (Å²) in [6.45, 7) is 7.47. The molecule has 0 amide bonds. The first-order chi connectivity index (χ1) is 13.8. The Labute approximate surface area is 168 Å². The molecule has 0 aliphatic carbocycles. The first-order valence-electron chi connectivity index (χ1n) is 10.1. The summed E-state index contributed by atoms with van der Waals surface area (Å²) in [4.78, 5) is 8.63. The van der Waals surface area contributed by atoms with Gasteiger partial charge in [0, 0.05) is 13.1 Å². The molecule has 0 spiro atoms. The van der Waals surface area contributed by atoms with Gasteiger partial charge >= 0.3 is 6.18 Å². The number of fused-ring (bicyclic) bond motifs is 1. The number of aromatic nitrogens is 2. The molecule has 1 aliphatic heterocycles. The second-order valence-electron chi connectivity index (χ2n) is 8.42. The molecule has 154 valence electrons. The number of aromatic amines is 1. The number of nitrogens with zero attached hydrogens (tertiary/aromatic N) is 2. The van der Waals surface area contributed by atoms with Gasteiger partial charge in [0.1, 0.15) is 0 Å². The Balaban J connectivity index is 1.48. The topological polar surface area (TPSA) is 31.9 Å². The highest BCUT2D eigenvalue weighted by molar-refractivity contribution is 5.76.